The molecule has 0 saturated heterocycles. The fraction of sp³-hybridized carbons (Fsp3) is 0.238. The van der Waals surface area contributed by atoms with E-state index >= 15 is 0 Å². The molecule has 0 bridgehead atoms. The van der Waals surface area contributed by atoms with Crippen LogP contribution in [0.25, 0.3) is 15.5 Å². The molecule has 1 amide bonds. The minimum Gasteiger partial charge on any atom is -0.496 e. The molecule has 0 saturated carbocycles. The first-order valence-corrected chi connectivity index (χ1v) is 10.2. The van der Waals surface area contributed by atoms with Gasteiger partial charge in [-0.2, -0.15) is 9.61 Å². The highest BCUT2D eigenvalue weighted by molar-refractivity contribution is 7.19. The second kappa shape index (κ2) is 8.00. The Labute approximate surface area is 172 Å². The lowest BCUT2D eigenvalue weighted by Gasteiger charge is -2.11. The summed E-state index contributed by atoms with van der Waals surface area (Å²) in [6.07, 6.45) is 1.84. The lowest BCUT2D eigenvalue weighted by Crippen LogP contribution is -2.13. The minimum atomic E-state index is -0.207. The highest BCUT2D eigenvalue weighted by Gasteiger charge is 2.15. The molecule has 0 aliphatic heterocycles. The summed E-state index contributed by atoms with van der Waals surface area (Å²) in [5, 5.41) is 16.8. The lowest BCUT2D eigenvalue weighted by atomic mass is 10.1. The molecule has 2 aromatic heterocycles. The fourth-order valence-electron chi connectivity index (χ4n) is 3.15. The van der Waals surface area contributed by atoms with Crippen LogP contribution in [0.2, 0.25) is 0 Å². The average Bonchev–Trinajstić information content (AvgIpc) is 3.30. The summed E-state index contributed by atoms with van der Waals surface area (Å²) in [5.74, 6) is 1.26. The van der Waals surface area contributed by atoms with Gasteiger partial charge in [0.1, 0.15) is 10.8 Å². The Bertz CT molecular complexity index is 1160. The van der Waals surface area contributed by atoms with Crippen molar-refractivity contribution in [2.45, 2.75) is 26.7 Å². The molecule has 0 unspecified atom stereocenters. The van der Waals surface area contributed by atoms with Crippen LogP contribution in [-0.2, 0) is 6.42 Å². The van der Waals surface area contributed by atoms with E-state index in [1.54, 1.807) is 13.2 Å². The highest BCUT2D eigenvalue weighted by atomic mass is 32.1. The van der Waals surface area contributed by atoms with Crippen LogP contribution in [-0.4, -0.2) is 32.8 Å². The number of methoxy groups -OCH3 is 1. The Kier molecular flexibility index (Phi) is 5.26. The minimum absolute atomic E-state index is 0.207. The van der Waals surface area contributed by atoms with E-state index in [0.29, 0.717) is 17.0 Å². The van der Waals surface area contributed by atoms with Gasteiger partial charge in [-0.15, -0.1) is 10.2 Å². The number of aryl methyl sites for hydroxylation is 2. The molecule has 29 heavy (non-hydrogen) atoms. The van der Waals surface area contributed by atoms with Gasteiger partial charge >= 0.3 is 0 Å². The van der Waals surface area contributed by atoms with E-state index in [9.17, 15) is 4.79 Å². The molecule has 1 N–H and O–H groups in total. The maximum Gasteiger partial charge on any atom is 0.259 e. The quantitative estimate of drug-likeness (QED) is 0.513. The van der Waals surface area contributed by atoms with Crippen molar-refractivity contribution in [2.75, 3.05) is 12.4 Å². The predicted octanol–water partition coefficient (Wildman–Crippen LogP) is 4.37. The normalized spacial score (nSPS) is 11.0. The van der Waals surface area contributed by atoms with Crippen LogP contribution in [0.5, 0.6) is 5.75 Å². The fourth-order valence-corrected chi connectivity index (χ4v) is 4.01. The largest absolute Gasteiger partial charge is 0.496 e. The number of carbonyl (C=O) groups excluding carboxylic acids is 1. The third-order valence-corrected chi connectivity index (χ3v) is 5.53. The van der Waals surface area contributed by atoms with Gasteiger partial charge in [0.15, 0.2) is 5.82 Å². The van der Waals surface area contributed by atoms with E-state index in [1.807, 2.05) is 47.8 Å². The summed E-state index contributed by atoms with van der Waals surface area (Å²) in [4.78, 5) is 13.4. The van der Waals surface area contributed by atoms with E-state index < -0.39 is 0 Å². The maximum atomic E-state index is 12.7. The van der Waals surface area contributed by atoms with Crippen molar-refractivity contribution in [3.05, 3.63) is 59.4 Å². The van der Waals surface area contributed by atoms with Gasteiger partial charge in [0, 0.05) is 17.7 Å². The van der Waals surface area contributed by atoms with E-state index in [0.717, 1.165) is 39.8 Å². The van der Waals surface area contributed by atoms with Crippen LogP contribution in [0.3, 0.4) is 0 Å². The van der Waals surface area contributed by atoms with E-state index in [1.165, 1.54) is 11.3 Å². The zero-order chi connectivity index (χ0) is 20.4. The summed E-state index contributed by atoms with van der Waals surface area (Å²) >= 11 is 1.49. The Morgan fingerprint density at radius 1 is 1.17 bits per heavy atom. The smallest absolute Gasteiger partial charge is 0.259 e. The molecule has 0 spiro atoms. The van der Waals surface area contributed by atoms with Crippen LogP contribution < -0.4 is 10.1 Å². The molecule has 148 valence electrons. The Balaban J connectivity index is 1.54. The molecule has 4 aromatic rings. The number of nitrogens with one attached hydrogen (secondary N) is 1. The molecule has 0 aliphatic rings. The van der Waals surface area contributed by atoms with Gasteiger partial charge in [-0.1, -0.05) is 30.4 Å². The van der Waals surface area contributed by atoms with Gasteiger partial charge in [-0.05, 0) is 49.2 Å². The van der Waals surface area contributed by atoms with Crippen molar-refractivity contribution >= 4 is 27.9 Å². The summed E-state index contributed by atoms with van der Waals surface area (Å²) in [5.41, 5.74) is 3.10. The van der Waals surface area contributed by atoms with Crippen LogP contribution in [0, 0.1) is 6.92 Å². The van der Waals surface area contributed by atoms with Gasteiger partial charge in [0.05, 0.1) is 12.7 Å². The van der Waals surface area contributed by atoms with Gasteiger partial charge in [0.2, 0.25) is 4.96 Å². The average molecular weight is 407 g/mol. The van der Waals surface area contributed by atoms with Crippen molar-refractivity contribution in [2.24, 2.45) is 0 Å². The number of benzene rings is 2. The number of nitrogens with zero attached hydrogens (tertiary/aromatic N) is 4. The van der Waals surface area contributed by atoms with Gasteiger partial charge < -0.3 is 10.1 Å². The third-order valence-electron chi connectivity index (χ3n) is 4.58. The van der Waals surface area contributed by atoms with Crippen molar-refractivity contribution in [3.8, 4) is 16.3 Å². The van der Waals surface area contributed by atoms with Crippen LogP contribution >= 0.6 is 11.3 Å². The zero-order valence-electron chi connectivity index (χ0n) is 16.5. The molecule has 8 heteroatoms. The zero-order valence-corrected chi connectivity index (χ0v) is 17.3. The summed E-state index contributed by atoms with van der Waals surface area (Å²) in [6, 6.07) is 13.1. The number of carbonyl (C=O) groups is 1. The predicted molar refractivity (Wildman–Crippen MR) is 114 cm³/mol. The molecule has 0 atom stereocenters. The third kappa shape index (κ3) is 3.71. The second-order valence-corrected chi connectivity index (χ2v) is 7.61. The van der Waals surface area contributed by atoms with Gasteiger partial charge in [-0.3, -0.25) is 4.79 Å². The molecule has 7 nitrogen and oxygen atoms in total. The van der Waals surface area contributed by atoms with E-state index in [2.05, 4.69) is 27.5 Å². The van der Waals surface area contributed by atoms with Crippen molar-refractivity contribution in [1.29, 1.82) is 0 Å². The number of rotatable bonds is 6. The first-order valence-electron chi connectivity index (χ1n) is 9.37. The molecule has 0 aliphatic carbocycles. The highest BCUT2D eigenvalue weighted by Crippen LogP contribution is 2.28. The first-order chi connectivity index (χ1) is 14.1. The molecular formula is C21H21N5O2S. The number of aromatic nitrogens is 4. The number of ether oxygens (including phenoxy) is 1. The summed E-state index contributed by atoms with van der Waals surface area (Å²) in [7, 11) is 1.57. The van der Waals surface area contributed by atoms with Crippen LogP contribution in [0.1, 0.15) is 35.1 Å². The monoisotopic (exact) mass is 407 g/mol. The topological polar surface area (TPSA) is 81.4 Å². The van der Waals surface area contributed by atoms with Crippen molar-refractivity contribution < 1.29 is 9.53 Å². The number of anilines is 1. The van der Waals surface area contributed by atoms with E-state index in [-0.39, 0.29) is 5.91 Å². The van der Waals surface area contributed by atoms with Gasteiger partial charge in [-0.25, -0.2) is 0 Å². The number of para-hydroxylation sites is 1. The molecule has 2 heterocycles. The Morgan fingerprint density at radius 3 is 2.69 bits per heavy atom. The molecular weight excluding hydrogens is 386 g/mol. The number of fused-ring (bicyclic) bond motifs is 1. The van der Waals surface area contributed by atoms with Crippen LogP contribution in [0.15, 0.2) is 42.5 Å². The van der Waals surface area contributed by atoms with Crippen molar-refractivity contribution in [1.82, 2.24) is 19.8 Å². The number of hydrogen-bond donors (Lipinski definition) is 1. The lowest BCUT2D eigenvalue weighted by molar-refractivity contribution is 0.102. The summed E-state index contributed by atoms with van der Waals surface area (Å²) < 4.78 is 7.19. The molecule has 2 aromatic carbocycles. The Morgan fingerprint density at radius 2 is 1.97 bits per heavy atom. The Hall–Kier alpha value is -3.26. The first kappa shape index (κ1) is 19.1. The second-order valence-electron chi connectivity index (χ2n) is 6.66. The summed E-state index contributed by atoms with van der Waals surface area (Å²) in [6.45, 7) is 4.02. The number of amides is 1. The maximum absolute atomic E-state index is 12.7. The van der Waals surface area contributed by atoms with Crippen molar-refractivity contribution in [3.63, 3.8) is 0 Å². The molecule has 0 fully saturated rings. The van der Waals surface area contributed by atoms with E-state index in [4.69, 9.17) is 4.74 Å². The van der Waals surface area contributed by atoms with Crippen LogP contribution in [0.4, 0.5) is 5.69 Å². The molecule has 4 rings (SSSR count). The molecule has 0 radical (unpaired) electrons. The SMILES string of the molecule is CCCc1nnc2sc(-c3ccc(NC(=O)c4cccc(C)c4OC)cc3)nn12. The number of hydrogen-bond acceptors (Lipinski definition) is 6. The van der Waals surface area contributed by atoms with Gasteiger partial charge in [0.25, 0.3) is 5.91 Å². The standard InChI is InChI=1S/C21H21N5O2S/c1-4-6-17-23-24-21-26(17)25-20(29-21)14-9-11-15(12-10-14)22-19(27)16-8-5-7-13(2)18(16)28-3/h5,7-12H,4,6H2,1-3H3,(H,22,27).